The fourth-order valence-electron chi connectivity index (χ4n) is 10.8. The molecule has 11 heteroatoms. The number of likely N-dealkylation sites (tertiary alicyclic amines) is 1. The summed E-state index contributed by atoms with van der Waals surface area (Å²) in [5.74, 6) is -2.61. The largest absolute Gasteiger partial charge is 0.480 e. The summed E-state index contributed by atoms with van der Waals surface area (Å²) in [6, 6.07) is 6.88. The molecule has 2 N–H and O–H groups in total. The summed E-state index contributed by atoms with van der Waals surface area (Å²) in [6.07, 6.45) is 40.4. The third-order valence-electron chi connectivity index (χ3n) is 15.2. The fraction of sp³-hybridized carbons (Fsp3) is 0.817. The highest BCUT2D eigenvalue weighted by Crippen LogP contribution is 2.41. The number of aliphatic carboxylic acids is 1. The first-order valence-corrected chi connectivity index (χ1v) is 29.5. The van der Waals surface area contributed by atoms with Crippen molar-refractivity contribution in [3.05, 3.63) is 35.9 Å². The van der Waals surface area contributed by atoms with Crippen LogP contribution in [0.5, 0.6) is 0 Å². The monoisotopic (exact) mass is 995 g/mol. The zero-order valence-corrected chi connectivity index (χ0v) is 45.3. The average molecular weight is 995 g/mol. The smallest absolute Gasteiger partial charge is 0.326 e. The Kier molecular flexibility index (Phi) is 34.8. The van der Waals surface area contributed by atoms with Crippen molar-refractivity contribution in [1.82, 2.24) is 10.2 Å². The SMILES string of the molecule is CCCCCCCCCCCCCCCCCC(=O)OCC(COC(=O)CCCCCCCCCCCCCCCCC)OC(=O)[C@H](CCc1ccccc1)N[C@@H](C)C(=O)N1[C@H](C(=O)O)C[C@@H]2CCC[C@@H]21. The number of hydrogen-bond acceptors (Lipinski definition) is 9. The van der Waals surface area contributed by atoms with Crippen LogP contribution in [0.2, 0.25) is 0 Å². The summed E-state index contributed by atoms with van der Waals surface area (Å²) in [7, 11) is 0. The van der Waals surface area contributed by atoms with E-state index in [9.17, 15) is 29.1 Å². The van der Waals surface area contributed by atoms with E-state index in [1.54, 1.807) is 6.92 Å². The van der Waals surface area contributed by atoms with Gasteiger partial charge in [-0.1, -0.05) is 230 Å². The van der Waals surface area contributed by atoms with E-state index in [0.717, 1.165) is 63.4 Å². The predicted octanol–water partition coefficient (Wildman–Crippen LogP) is 14.3. The van der Waals surface area contributed by atoms with Crippen LogP contribution in [0.3, 0.4) is 0 Å². The number of carbonyl (C=O) groups excluding carboxylic acids is 4. The number of amides is 1. The zero-order valence-electron chi connectivity index (χ0n) is 45.3. The Morgan fingerprint density at radius 2 is 1.03 bits per heavy atom. The van der Waals surface area contributed by atoms with Gasteiger partial charge in [0.15, 0.2) is 6.10 Å². The number of ether oxygens (including phenoxy) is 3. The summed E-state index contributed by atoms with van der Waals surface area (Å²) >= 11 is 0. The number of nitrogens with zero attached hydrogens (tertiary/aromatic N) is 1. The van der Waals surface area contributed by atoms with Crippen molar-refractivity contribution in [3.8, 4) is 0 Å². The van der Waals surface area contributed by atoms with E-state index in [0.29, 0.717) is 32.1 Å². The number of rotatable bonds is 45. The molecule has 1 heterocycles. The maximum Gasteiger partial charge on any atom is 0.326 e. The van der Waals surface area contributed by atoms with Gasteiger partial charge in [-0.25, -0.2) is 4.79 Å². The van der Waals surface area contributed by atoms with E-state index in [1.165, 1.54) is 146 Å². The third kappa shape index (κ3) is 28.0. The van der Waals surface area contributed by atoms with Crippen molar-refractivity contribution in [2.45, 2.75) is 295 Å². The van der Waals surface area contributed by atoms with E-state index < -0.39 is 36.2 Å². The second kappa shape index (κ2) is 40.0. The Morgan fingerprint density at radius 3 is 1.45 bits per heavy atom. The molecule has 0 unspecified atom stereocenters. The van der Waals surface area contributed by atoms with Gasteiger partial charge in [-0.15, -0.1) is 0 Å². The van der Waals surface area contributed by atoms with E-state index in [4.69, 9.17) is 14.2 Å². The van der Waals surface area contributed by atoms with Crippen LogP contribution in [0.4, 0.5) is 0 Å². The summed E-state index contributed by atoms with van der Waals surface area (Å²) in [5.41, 5.74) is 1.00. The van der Waals surface area contributed by atoms with Crippen LogP contribution in [0, 0.1) is 5.92 Å². The maximum absolute atomic E-state index is 14.2. The van der Waals surface area contributed by atoms with E-state index in [2.05, 4.69) is 19.2 Å². The van der Waals surface area contributed by atoms with Crippen molar-refractivity contribution in [1.29, 1.82) is 0 Å². The molecule has 0 bridgehead atoms. The molecule has 1 aliphatic carbocycles. The standard InChI is InChI=1S/C60H102N2O9/c1-4-6-8-10-12-14-16-18-20-22-24-26-28-30-35-42-56(63)69-47-52(48-70-57(64)43-36-31-29-27-25-23-21-19-17-15-13-11-9-7-5-2)71-60(68)53(45-44-50-38-33-32-34-39-50)61-49(3)58(65)62-54-41-37-40-51(54)46-55(62)59(66)67/h32-34,38-39,49,51-55,61H,4-31,35-37,40-48H2,1-3H3,(H,66,67)/t49-,51-,53-,54-,55-/m0/s1. The Labute approximate surface area is 431 Å². The number of esters is 3. The van der Waals surface area contributed by atoms with Gasteiger partial charge >= 0.3 is 23.9 Å². The lowest BCUT2D eigenvalue weighted by Gasteiger charge is -2.32. The van der Waals surface area contributed by atoms with E-state index >= 15 is 0 Å². The minimum Gasteiger partial charge on any atom is -0.480 e. The van der Waals surface area contributed by atoms with Gasteiger partial charge in [0.1, 0.15) is 25.3 Å². The molecule has 71 heavy (non-hydrogen) atoms. The van der Waals surface area contributed by atoms with Crippen molar-refractivity contribution in [2.75, 3.05) is 13.2 Å². The summed E-state index contributed by atoms with van der Waals surface area (Å²) in [4.78, 5) is 68.1. The number of hydrogen-bond donors (Lipinski definition) is 2. The highest BCUT2D eigenvalue weighted by molar-refractivity contribution is 5.88. The van der Waals surface area contributed by atoms with Crippen LogP contribution in [0.25, 0.3) is 0 Å². The van der Waals surface area contributed by atoms with Crippen molar-refractivity contribution >= 4 is 29.8 Å². The van der Waals surface area contributed by atoms with Crippen LogP contribution in [-0.2, 0) is 44.6 Å². The van der Waals surface area contributed by atoms with Gasteiger partial charge in [0, 0.05) is 18.9 Å². The molecular weight excluding hydrogens is 893 g/mol. The second-order valence-corrected chi connectivity index (χ2v) is 21.4. The first-order chi connectivity index (χ1) is 34.6. The van der Waals surface area contributed by atoms with Crippen LogP contribution < -0.4 is 5.32 Å². The molecular formula is C60H102N2O9. The number of benzene rings is 1. The third-order valence-corrected chi connectivity index (χ3v) is 15.2. The molecule has 1 saturated heterocycles. The highest BCUT2D eigenvalue weighted by atomic mass is 16.6. The van der Waals surface area contributed by atoms with Gasteiger partial charge in [-0.2, -0.15) is 0 Å². The Balaban J connectivity index is 1.49. The van der Waals surface area contributed by atoms with Gasteiger partial charge in [0.2, 0.25) is 5.91 Å². The van der Waals surface area contributed by atoms with Crippen LogP contribution in [0.15, 0.2) is 30.3 Å². The lowest BCUT2D eigenvalue weighted by Crippen LogP contribution is -2.55. The topological polar surface area (TPSA) is 149 Å². The fourth-order valence-corrected chi connectivity index (χ4v) is 10.8. The number of nitrogens with one attached hydrogen (secondary N) is 1. The number of fused-ring (bicyclic) bond motifs is 1. The van der Waals surface area contributed by atoms with Gasteiger partial charge < -0.3 is 24.2 Å². The van der Waals surface area contributed by atoms with Crippen molar-refractivity contribution in [2.24, 2.45) is 5.92 Å². The number of carboxylic acid groups (broad SMARTS) is 1. The van der Waals surface area contributed by atoms with Gasteiger partial charge in [-0.3, -0.25) is 24.5 Å². The summed E-state index contributed by atoms with van der Waals surface area (Å²) < 4.78 is 17.4. The first-order valence-electron chi connectivity index (χ1n) is 29.5. The quantitative estimate of drug-likeness (QED) is 0.0367. The summed E-state index contributed by atoms with van der Waals surface area (Å²) in [5, 5.41) is 13.3. The molecule has 0 aromatic heterocycles. The van der Waals surface area contributed by atoms with Gasteiger partial charge in [-0.05, 0) is 63.4 Å². The van der Waals surface area contributed by atoms with Crippen LogP contribution >= 0.6 is 0 Å². The summed E-state index contributed by atoms with van der Waals surface area (Å²) in [6.45, 7) is 5.68. The van der Waals surface area contributed by atoms with Crippen molar-refractivity contribution in [3.63, 3.8) is 0 Å². The number of aryl methyl sites for hydroxylation is 1. The molecule has 2 aliphatic rings. The van der Waals surface area contributed by atoms with Crippen LogP contribution in [0.1, 0.15) is 264 Å². The minimum atomic E-state index is -1.04. The molecule has 2 fully saturated rings. The molecule has 1 aromatic rings. The molecule has 1 aliphatic heterocycles. The minimum absolute atomic E-state index is 0.125. The lowest BCUT2D eigenvalue weighted by molar-refractivity contribution is -0.168. The molecule has 3 rings (SSSR count). The maximum atomic E-state index is 14.2. The number of unbranched alkanes of at least 4 members (excludes halogenated alkanes) is 28. The molecule has 5 atom stereocenters. The van der Waals surface area contributed by atoms with Gasteiger partial charge in [0.05, 0.1) is 6.04 Å². The number of carboxylic acids is 1. The van der Waals surface area contributed by atoms with Crippen molar-refractivity contribution < 1.29 is 43.3 Å². The molecule has 406 valence electrons. The average Bonchev–Trinajstić information content (AvgIpc) is 3.98. The molecule has 1 amide bonds. The first kappa shape index (κ1) is 61.8. The zero-order chi connectivity index (χ0) is 51.2. The highest BCUT2D eigenvalue weighted by Gasteiger charge is 2.49. The lowest BCUT2D eigenvalue weighted by atomic mass is 10.0. The molecule has 0 radical (unpaired) electrons. The number of carbonyl (C=O) groups is 5. The van der Waals surface area contributed by atoms with Gasteiger partial charge in [0.25, 0.3) is 0 Å². The van der Waals surface area contributed by atoms with E-state index in [1.807, 2.05) is 30.3 Å². The molecule has 1 aromatic carbocycles. The van der Waals surface area contributed by atoms with Crippen LogP contribution in [-0.4, -0.2) is 83.3 Å². The molecule has 0 spiro atoms. The molecule has 11 nitrogen and oxygen atoms in total. The second-order valence-electron chi connectivity index (χ2n) is 21.4. The van der Waals surface area contributed by atoms with E-state index in [-0.39, 0.29) is 55.9 Å². The Hall–Kier alpha value is -3.47. The predicted molar refractivity (Wildman–Crippen MR) is 286 cm³/mol. The molecule has 1 saturated carbocycles. The Morgan fingerprint density at radius 1 is 0.606 bits per heavy atom. The normalized spacial score (nSPS) is 17.3. The Bertz CT molecular complexity index is 1510.